The fraction of sp³-hybridized carbons (Fsp3) is 1.00. The van der Waals surface area contributed by atoms with E-state index in [-0.39, 0.29) is 6.10 Å². The average Bonchev–Trinajstić information content (AvgIpc) is 2.81. The van der Waals surface area contributed by atoms with E-state index in [1.165, 1.54) is 19.3 Å². The third-order valence-electron chi connectivity index (χ3n) is 4.21. The average molecular weight is 197 g/mol. The minimum Gasteiger partial charge on any atom is -0.393 e. The standard InChI is InChI=1S/C12H23NO/c1-2-3-8(7-13)12(14)11-5-9-4-10(9)6-11/h8-12,14H,2-7,13H2,1H3. The van der Waals surface area contributed by atoms with Crippen molar-refractivity contribution in [3.8, 4) is 0 Å². The fourth-order valence-electron chi connectivity index (χ4n) is 3.22. The Morgan fingerprint density at radius 2 is 1.93 bits per heavy atom. The predicted octanol–water partition coefficient (Wildman–Crippen LogP) is 1.77. The van der Waals surface area contributed by atoms with Crippen LogP contribution in [0.3, 0.4) is 0 Å². The minimum absolute atomic E-state index is 0.118. The van der Waals surface area contributed by atoms with E-state index in [2.05, 4.69) is 6.92 Å². The first-order valence-electron chi connectivity index (χ1n) is 6.14. The smallest absolute Gasteiger partial charge is 0.0608 e. The Hall–Kier alpha value is -0.0800. The second-order valence-corrected chi connectivity index (χ2v) is 5.26. The second-order valence-electron chi connectivity index (χ2n) is 5.26. The van der Waals surface area contributed by atoms with E-state index in [0.29, 0.717) is 18.4 Å². The first kappa shape index (κ1) is 10.4. The van der Waals surface area contributed by atoms with Gasteiger partial charge in [0, 0.05) is 0 Å². The summed E-state index contributed by atoms with van der Waals surface area (Å²) in [6.07, 6.45) is 6.08. The molecule has 2 saturated carbocycles. The highest BCUT2D eigenvalue weighted by atomic mass is 16.3. The van der Waals surface area contributed by atoms with Gasteiger partial charge in [0.1, 0.15) is 0 Å². The van der Waals surface area contributed by atoms with E-state index in [0.717, 1.165) is 24.7 Å². The molecule has 82 valence electrons. The van der Waals surface area contributed by atoms with Crippen LogP contribution in [-0.2, 0) is 0 Å². The van der Waals surface area contributed by atoms with Crippen LogP contribution in [0.2, 0.25) is 0 Å². The number of rotatable bonds is 5. The largest absolute Gasteiger partial charge is 0.393 e. The van der Waals surface area contributed by atoms with Crippen LogP contribution in [0.4, 0.5) is 0 Å². The van der Waals surface area contributed by atoms with Crippen LogP contribution in [-0.4, -0.2) is 17.8 Å². The number of aliphatic hydroxyl groups is 1. The van der Waals surface area contributed by atoms with E-state index in [1.54, 1.807) is 0 Å². The zero-order valence-corrected chi connectivity index (χ0v) is 9.15. The van der Waals surface area contributed by atoms with Crippen molar-refractivity contribution in [3.05, 3.63) is 0 Å². The van der Waals surface area contributed by atoms with Gasteiger partial charge in [0.25, 0.3) is 0 Å². The monoisotopic (exact) mass is 197 g/mol. The highest BCUT2D eigenvalue weighted by Crippen LogP contribution is 2.55. The summed E-state index contributed by atoms with van der Waals surface area (Å²) in [5, 5.41) is 10.2. The van der Waals surface area contributed by atoms with E-state index in [1.807, 2.05) is 0 Å². The molecule has 0 heterocycles. The third kappa shape index (κ3) is 1.96. The van der Waals surface area contributed by atoms with Gasteiger partial charge in [-0.2, -0.15) is 0 Å². The van der Waals surface area contributed by atoms with Gasteiger partial charge in [-0.15, -0.1) is 0 Å². The molecule has 0 spiro atoms. The van der Waals surface area contributed by atoms with Gasteiger partial charge in [-0.25, -0.2) is 0 Å². The molecule has 14 heavy (non-hydrogen) atoms. The second kappa shape index (κ2) is 4.19. The summed E-state index contributed by atoms with van der Waals surface area (Å²) in [6, 6.07) is 0. The number of aliphatic hydroxyl groups excluding tert-OH is 1. The maximum Gasteiger partial charge on any atom is 0.0608 e. The molecule has 0 aromatic rings. The van der Waals surface area contributed by atoms with Gasteiger partial charge in [-0.05, 0) is 55.9 Å². The van der Waals surface area contributed by atoms with Crippen molar-refractivity contribution < 1.29 is 5.11 Å². The van der Waals surface area contributed by atoms with Gasteiger partial charge in [-0.3, -0.25) is 0 Å². The van der Waals surface area contributed by atoms with E-state index in [9.17, 15) is 5.11 Å². The molecule has 0 amide bonds. The molecular formula is C12H23NO. The molecule has 0 bridgehead atoms. The van der Waals surface area contributed by atoms with Crippen LogP contribution in [0.25, 0.3) is 0 Å². The molecule has 2 nitrogen and oxygen atoms in total. The Balaban J connectivity index is 1.82. The number of nitrogens with two attached hydrogens (primary N) is 1. The van der Waals surface area contributed by atoms with E-state index < -0.39 is 0 Å². The van der Waals surface area contributed by atoms with Crippen molar-refractivity contribution in [2.45, 2.75) is 45.1 Å². The van der Waals surface area contributed by atoms with Crippen LogP contribution in [0.5, 0.6) is 0 Å². The van der Waals surface area contributed by atoms with Crippen molar-refractivity contribution in [3.63, 3.8) is 0 Å². The summed E-state index contributed by atoms with van der Waals surface area (Å²) >= 11 is 0. The lowest BCUT2D eigenvalue weighted by Gasteiger charge is -2.27. The molecule has 0 aromatic carbocycles. The Kier molecular flexibility index (Phi) is 3.13. The van der Waals surface area contributed by atoms with Crippen LogP contribution in [0.1, 0.15) is 39.0 Å². The molecule has 0 aliphatic heterocycles. The van der Waals surface area contributed by atoms with Gasteiger partial charge >= 0.3 is 0 Å². The van der Waals surface area contributed by atoms with E-state index >= 15 is 0 Å². The van der Waals surface area contributed by atoms with Crippen molar-refractivity contribution in [1.82, 2.24) is 0 Å². The summed E-state index contributed by atoms with van der Waals surface area (Å²) < 4.78 is 0. The SMILES string of the molecule is CCCC(CN)C(O)C1CC2CC2C1. The van der Waals surface area contributed by atoms with Crippen molar-refractivity contribution >= 4 is 0 Å². The Morgan fingerprint density at radius 3 is 2.43 bits per heavy atom. The summed E-state index contributed by atoms with van der Waals surface area (Å²) in [4.78, 5) is 0. The molecule has 2 aliphatic carbocycles. The number of fused-ring (bicyclic) bond motifs is 1. The summed E-state index contributed by atoms with van der Waals surface area (Å²) in [6.45, 7) is 2.82. The quantitative estimate of drug-likeness (QED) is 0.705. The Morgan fingerprint density at radius 1 is 1.29 bits per heavy atom. The van der Waals surface area contributed by atoms with Crippen molar-refractivity contribution in [2.24, 2.45) is 29.4 Å². The first-order valence-corrected chi connectivity index (χ1v) is 6.14. The van der Waals surface area contributed by atoms with Crippen molar-refractivity contribution in [2.75, 3.05) is 6.54 Å². The highest BCUT2D eigenvalue weighted by molar-refractivity contribution is 4.98. The van der Waals surface area contributed by atoms with Crippen LogP contribution >= 0.6 is 0 Å². The van der Waals surface area contributed by atoms with Gasteiger partial charge in [0.2, 0.25) is 0 Å². The predicted molar refractivity (Wildman–Crippen MR) is 57.8 cm³/mol. The Labute approximate surface area is 86.9 Å². The maximum atomic E-state index is 10.2. The molecule has 4 unspecified atom stereocenters. The molecule has 3 N–H and O–H groups in total. The lowest BCUT2D eigenvalue weighted by atomic mass is 9.85. The lowest BCUT2D eigenvalue weighted by Crippen LogP contribution is -2.33. The fourth-order valence-corrected chi connectivity index (χ4v) is 3.22. The molecule has 4 atom stereocenters. The molecule has 0 radical (unpaired) electrons. The zero-order chi connectivity index (χ0) is 10.1. The summed E-state index contributed by atoms with van der Waals surface area (Å²) in [7, 11) is 0. The third-order valence-corrected chi connectivity index (χ3v) is 4.21. The summed E-state index contributed by atoms with van der Waals surface area (Å²) in [5.74, 6) is 2.85. The van der Waals surface area contributed by atoms with Crippen molar-refractivity contribution in [1.29, 1.82) is 0 Å². The number of hydrogen-bond donors (Lipinski definition) is 2. The van der Waals surface area contributed by atoms with Gasteiger partial charge in [-0.1, -0.05) is 13.3 Å². The van der Waals surface area contributed by atoms with Crippen LogP contribution in [0.15, 0.2) is 0 Å². The maximum absolute atomic E-state index is 10.2. The molecule has 2 rings (SSSR count). The van der Waals surface area contributed by atoms with Crippen LogP contribution < -0.4 is 5.73 Å². The molecule has 0 saturated heterocycles. The molecule has 2 fully saturated rings. The van der Waals surface area contributed by atoms with E-state index in [4.69, 9.17) is 5.73 Å². The number of hydrogen-bond acceptors (Lipinski definition) is 2. The minimum atomic E-state index is -0.118. The molecule has 2 heteroatoms. The normalized spacial score (nSPS) is 39.2. The van der Waals surface area contributed by atoms with Gasteiger partial charge < -0.3 is 10.8 Å². The Bertz CT molecular complexity index is 183. The summed E-state index contributed by atoms with van der Waals surface area (Å²) in [5.41, 5.74) is 5.71. The zero-order valence-electron chi connectivity index (χ0n) is 9.15. The molecule has 0 aromatic heterocycles. The van der Waals surface area contributed by atoms with Gasteiger partial charge in [0.05, 0.1) is 6.10 Å². The highest BCUT2D eigenvalue weighted by Gasteiger charge is 2.48. The lowest BCUT2D eigenvalue weighted by molar-refractivity contribution is 0.0467. The first-order chi connectivity index (χ1) is 6.76. The molecule has 2 aliphatic rings. The topological polar surface area (TPSA) is 46.2 Å². The molecular weight excluding hydrogens is 174 g/mol. The van der Waals surface area contributed by atoms with Crippen LogP contribution in [0, 0.1) is 23.7 Å². The van der Waals surface area contributed by atoms with Gasteiger partial charge in [0.15, 0.2) is 0 Å².